The van der Waals surface area contributed by atoms with E-state index in [1.807, 2.05) is 0 Å². The first-order valence-corrected chi connectivity index (χ1v) is 8.40. The highest BCUT2D eigenvalue weighted by molar-refractivity contribution is 7.88. The van der Waals surface area contributed by atoms with E-state index in [9.17, 15) is 32.8 Å². The normalized spacial score (nSPS) is 17.5. The van der Waals surface area contributed by atoms with Gasteiger partial charge in [0.1, 0.15) is 0 Å². The molecule has 0 aliphatic carbocycles. The standard InChI is InChI=1S/C16H22O7S/c1-5-9-11(7-3)13(14(17)18)16(15(19)20,24(21,22)23)12(8-4)10-6-2/h5-8,11-13H,1-4,9-10H2,(H,17,18)(H,19,20)(H,21,22,23). The van der Waals surface area contributed by atoms with Crippen LogP contribution in [0.5, 0.6) is 0 Å². The van der Waals surface area contributed by atoms with Crippen molar-refractivity contribution in [2.24, 2.45) is 17.8 Å². The Hall–Kier alpha value is -2.19. The van der Waals surface area contributed by atoms with Gasteiger partial charge in [0.25, 0.3) is 10.1 Å². The Bertz CT molecular complexity index is 635. The van der Waals surface area contributed by atoms with Crippen molar-refractivity contribution >= 4 is 22.1 Å². The average molecular weight is 358 g/mol. The number of carbonyl (C=O) groups is 2. The number of carboxylic acid groups (broad SMARTS) is 2. The maximum Gasteiger partial charge on any atom is 0.329 e. The van der Waals surface area contributed by atoms with E-state index in [0.717, 1.165) is 12.2 Å². The van der Waals surface area contributed by atoms with Crippen LogP contribution in [0.15, 0.2) is 50.6 Å². The third-order valence-corrected chi connectivity index (χ3v) is 5.50. The Labute approximate surface area is 141 Å². The number of rotatable bonds is 12. The summed E-state index contributed by atoms with van der Waals surface area (Å²) in [5, 5.41) is 19.3. The Morgan fingerprint density at radius 3 is 1.75 bits per heavy atom. The van der Waals surface area contributed by atoms with Gasteiger partial charge in [0.2, 0.25) is 4.75 Å². The molecule has 0 bridgehead atoms. The van der Waals surface area contributed by atoms with E-state index in [0.29, 0.717) is 0 Å². The minimum absolute atomic E-state index is 0.0387. The van der Waals surface area contributed by atoms with E-state index in [1.165, 1.54) is 12.2 Å². The van der Waals surface area contributed by atoms with Crippen LogP contribution >= 0.6 is 0 Å². The quantitative estimate of drug-likeness (QED) is 0.360. The predicted molar refractivity (Wildman–Crippen MR) is 90.0 cm³/mol. The topological polar surface area (TPSA) is 129 Å². The van der Waals surface area contributed by atoms with Crippen LogP contribution in [-0.4, -0.2) is 39.9 Å². The lowest BCUT2D eigenvalue weighted by molar-refractivity contribution is -0.155. The molecule has 0 saturated carbocycles. The molecule has 0 amide bonds. The van der Waals surface area contributed by atoms with E-state index < -0.39 is 44.6 Å². The Kier molecular flexibility index (Phi) is 7.82. The molecule has 3 N–H and O–H groups in total. The first-order valence-electron chi connectivity index (χ1n) is 6.96. The van der Waals surface area contributed by atoms with Gasteiger partial charge in [-0.3, -0.25) is 14.1 Å². The summed E-state index contributed by atoms with van der Waals surface area (Å²) in [5.41, 5.74) is 0. The van der Waals surface area contributed by atoms with E-state index >= 15 is 0 Å². The van der Waals surface area contributed by atoms with Crippen LogP contribution in [0.25, 0.3) is 0 Å². The van der Waals surface area contributed by atoms with E-state index in [2.05, 4.69) is 26.3 Å². The van der Waals surface area contributed by atoms with Crippen molar-refractivity contribution in [3.8, 4) is 0 Å². The van der Waals surface area contributed by atoms with Crippen molar-refractivity contribution in [3.63, 3.8) is 0 Å². The molecule has 134 valence electrons. The molecule has 24 heavy (non-hydrogen) atoms. The molecular weight excluding hydrogens is 336 g/mol. The second kappa shape index (κ2) is 8.60. The van der Waals surface area contributed by atoms with Gasteiger partial charge in [-0.2, -0.15) is 8.42 Å². The summed E-state index contributed by atoms with van der Waals surface area (Å²) in [6.07, 6.45) is 4.42. The van der Waals surface area contributed by atoms with Crippen LogP contribution in [0.4, 0.5) is 0 Å². The first kappa shape index (κ1) is 21.8. The van der Waals surface area contributed by atoms with E-state index in [1.54, 1.807) is 0 Å². The molecule has 0 spiro atoms. The predicted octanol–water partition coefficient (Wildman–Crippen LogP) is 2.15. The van der Waals surface area contributed by atoms with E-state index in [-0.39, 0.29) is 12.8 Å². The summed E-state index contributed by atoms with van der Waals surface area (Å²) >= 11 is 0. The van der Waals surface area contributed by atoms with Crippen LogP contribution < -0.4 is 0 Å². The average Bonchev–Trinajstić information content (AvgIpc) is 2.46. The van der Waals surface area contributed by atoms with E-state index in [4.69, 9.17) is 0 Å². The fourth-order valence-corrected chi connectivity index (χ4v) is 4.25. The molecule has 4 unspecified atom stereocenters. The van der Waals surface area contributed by atoms with Gasteiger partial charge in [0, 0.05) is 5.92 Å². The molecule has 0 aromatic heterocycles. The zero-order valence-electron chi connectivity index (χ0n) is 13.2. The number of allylic oxidation sites excluding steroid dienone is 4. The van der Waals surface area contributed by atoms with Crippen LogP contribution in [0.2, 0.25) is 0 Å². The maximum absolute atomic E-state index is 12.1. The fraction of sp³-hybridized carbons (Fsp3) is 0.375. The molecule has 0 rings (SSSR count). The summed E-state index contributed by atoms with van der Waals surface area (Å²) in [6.45, 7) is 13.7. The van der Waals surface area contributed by atoms with Crippen molar-refractivity contribution in [3.05, 3.63) is 50.6 Å². The zero-order chi connectivity index (χ0) is 19.1. The minimum Gasteiger partial charge on any atom is -0.481 e. The van der Waals surface area contributed by atoms with Gasteiger partial charge in [0.05, 0.1) is 5.92 Å². The molecule has 7 nitrogen and oxygen atoms in total. The lowest BCUT2D eigenvalue weighted by atomic mass is 9.71. The lowest BCUT2D eigenvalue weighted by Gasteiger charge is -2.39. The fourth-order valence-electron chi connectivity index (χ4n) is 2.86. The first-order chi connectivity index (χ1) is 11.1. The number of hydrogen-bond acceptors (Lipinski definition) is 4. The largest absolute Gasteiger partial charge is 0.481 e. The number of hydrogen-bond donors (Lipinski definition) is 3. The summed E-state index contributed by atoms with van der Waals surface area (Å²) < 4.78 is 30.9. The molecule has 0 saturated heterocycles. The Balaban J connectivity index is 6.95. The molecule has 0 aliphatic rings. The van der Waals surface area contributed by atoms with Gasteiger partial charge < -0.3 is 10.2 Å². The second-order valence-corrected chi connectivity index (χ2v) is 6.81. The van der Waals surface area contributed by atoms with Gasteiger partial charge in [-0.1, -0.05) is 24.3 Å². The number of aliphatic carboxylic acids is 2. The second-order valence-electron chi connectivity index (χ2n) is 5.18. The zero-order valence-corrected chi connectivity index (χ0v) is 14.0. The SMILES string of the molecule is C=CCC(C=C)C(C(=O)O)C(C(=O)O)(C(C=C)CC=C)S(=O)(=O)O. The summed E-state index contributed by atoms with van der Waals surface area (Å²) in [7, 11) is -5.36. The summed E-state index contributed by atoms with van der Waals surface area (Å²) in [5.74, 6) is -8.21. The van der Waals surface area contributed by atoms with Crippen LogP contribution in [0.1, 0.15) is 12.8 Å². The van der Waals surface area contributed by atoms with Gasteiger partial charge in [-0.25, -0.2) is 0 Å². The van der Waals surface area contributed by atoms with Crippen LogP contribution in [0, 0.1) is 17.8 Å². The highest BCUT2D eigenvalue weighted by Crippen LogP contribution is 2.43. The summed E-state index contributed by atoms with van der Waals surface area (Å²) in [4.78, 5) is 23.8. The molecule has 0 aromatic rings. The van der Waals surface area contributed by atoms with Crippen molar-refractivity contribution in [1.29, 1.82) is 0 Å². The van der Waals surface area contributed by atoms with Crippen molar-refractivity contribution in [2.45, 2.75) is 17.6 Å². The lowest BCUT2D eigenvalue weighted by Crippen LogP contribution is -2.61. The van der Waals surface area contributed by atoms with Crippen LogP contribution in [0.3, 0.4) is 0 Å². The van der Waals surface area contributed by atoms with Crippen LogP contribution in [-0.2, 0) is 19.7 Å². The molecule has 0 radical (unpaired) electrons. The van der Waals surface area contributed by atoms with Crippen molar-refractivity contribution < 1.29 is 32.8 Å². The summed E-state index contributed by atoms with van der Waals surface area (Å²) in [6, 6.07) is 0. The maximum atomic E-state index is 12.1. The molecule has 0 heterocycles. The third kappa shape index (κ3) is 3.82. The molecule has 0 aromatic carbocycles. The minimum atomic E-state index is -5.36. The monoisotopic (exact) mass is 358 g/mol. The molecule has 0 fully saturated rings. The third-order valence-electron chi connectivity index (χ3n) is 3.91. The highest BCUT2D eigenvalue weighted by Gasteiger charge is 2.64. The van der Waals surface area contributed by atoms with Gasteiger partial charge in [0.15, 0.2) is 0 Å². The Morgan fingerprint density at radius 2 is 1.50 bits per heavy atom. The van der Waals surface area contributed by atoms with Gasteiger partial charge in [-0.15, -0.1) is 26.3 Å². The molecule has 4 atom stereocenters. The number of carboxylic acids is 2. The molecular formula is C16H22O7S. The van der Waals surface area contributed by atoms with Crippen molar-refractivity contribution in [2.75, 3.05) is 0 Å². The molecule has 8 heteroatoms. The van der Waals surface area contributed by atoms with Gasteiger partial charge in [-0.05, 0) is 18.8 Å². The van der Waals surface area contributed by atoms with Gasteiger partial charge >= 0.3 is 11.9 Å². The highest BCUT2D eigenvalue weighted by atomic mass is 32.2. The Morgan fingerprint density at radius 1 is 1.00 bits per heavy atom. The molecule has 0 aliphatic heterocycles. The van der Waals surface area contributed by atoms with Crippen molar-refractivity contribution in [1.82, 2.24) is 0 Å². The smallest absolute Gasteiger partial charge is 0.329 e.